The highest BCUT2D eigenvalue weighted by Crippen LogP contribution is 2.34. The monoisotopic (exact) mass is 153 g/mol. The van der Waals surface area contributed by atoms with Crippen molar-refractivity contribution in [1.29, 1.82) is 0 Å². The highest BCUT2D eigenvalue weighted by atomic mass is 16.4. The Morgan fingerprint density at radius 2 is 2.45 bits per heavy atom. The molecule has 1 aliphatic carbocycles. The Hall–Kier alpha value is -1.39. The Morgan fingerprint density at radius 3 is 3.00 bits per heavy atom. The normalized spacial score (nSPS) is 16.7. The van der Waals surface area contributed by atoms with E-state index in [2.05, 4.69) is 10.3 Å². The van der Waals surface area contributed by atoms with Crippen LogP contribution in [-0.4, -0.2) is 26.1 Å². The molecule has 11 heavy (non-hydrogen) atoms. The first-order valence-corrected chi connectivity index (χ1v) is 3.42. The van der Waals surface area contributed by atoms with Gasteiger partial charge in [0.25, 0.3) is 0 Å². The summed E-state index contributed by atoms with van der Waals surface area (Å²) in [5.74, 6) is -0.957. The summed E-state index contributed by atoms with van der Waals surface area (Å²) in [5, 5.41) is 15.9. The first-order chi connectivity index (χ1) is 5.29. The molecule has 1 fully saturated rings. The molecule has 0 unspecified atom stereocenters. The number of hydrogen-bond donors (Lipinski definition) is 1. The second-order valence-electron chi connectivity index (χ2n) is 2.60. The third kappa shape index (κ3) is 0.978. The van der Waals surface area contributed by atoms with Gasteiger partial charge in [0.05, 0.1) is 12.2 Å². The van der Waals surface area contributed by atoms with Crippen molar-refractivity contribution in [3.05, 3.63) is 11.9 Å². The molecule has 5 heteroatoms. The summed E-state index contributed by atoms with van der Waals surface area (Å²) < 4.78 is 1.47. The van der Waals surface area contributed by atoms with Gasteiger partial charge in [-0.15, -0.1) is 5.10 Å². The lowest BCUT2D eigenvalue weighted by molar-refractivity contribution is 0.0683. The van der Waals surface area contributed by atoms with Gasteiger partial charge in [0.2, 0.25) is 0 Å². The summed E-state index contributed by atoms with van der Waals surface area (Å²) in [6, 6.07) is 0.281. The lowest BCUT2D eigenvalue weighted by atomic mass is 10.4. The first kappa shape index (κ1) is 6.33. The average molecular weight is 153 g/mol. The zero-order chi connectivity index (χ0) is 7.84. The van der Waals surface area contributed by atoms with E-state index in [4.69, 9.17) is 5.11 Å². The van der Waals surface area contributed by atoms with Crippen LogP contribution in [0, 0.1) is 0 Å². The molecule has 5 nitrogen and oxygen atoms in total. The Morgan fingerprint density at radius 1 is 1.73 bits per heavy atom. The van der Waals surface area contributed by atoms with Crippen LogP contribution in [0.2, 0.25) is 0 Å². The minimum Gasteiger partial charge on any atom is -0.476 e. The van der Waals surface area contributed by atoms with E-state index in [1.165, 1.54) is 10.9 Å². The Bertz CT molecular complexity index is 290. The van der Waals surface area contributed by atoms with Crippen LogP contribution in [0.3, 0.4) is 0 Å². The molecular formula is C6H7N3O2. The van der Waals surface area contributed by atoms with Crippen molar-refractivity contribution < 1.29 is 9.90 Å². The van der Waals surface area contributed by atoms with Crippen LogP contribution in [0.15, 0.2) is 6.20 Å². The van der Waals surface area contributed by atoms with Crippen LogP contribution in [0.5, 0.6) is 0 Å². The van der Waals surface area contributed by atoms with E-state index < -0.39 is 5.97 Å². The largest absolute Gasteiger partial charge is 0.476 e. The van der Waals surface area contributed by atoms with Gasteiger partial charge in [0.15, 0.2) is 5.69 Å². The maximum absolute atomic E-state index is 10.5. The minimum atomic E-state index is -0.957. The molecule has 0 aromatic carbocycles. The van der Waals surface area contributed by atoms with Crippen molar-refractivity contribution in [2.45, 2.75) is 18.9 Å². The maximum atomic E-state index is 10.5. The van der Waals surface area contributed by atoms with Gasteiger partial charge in [0, 0.05) is 0 Å². The first-order valence-electron chi connectivity index (χ1n) is 3.42. The highest BCUT2D eigenvalue weighted by molar-refractivity contribution is 5.85. The van der Waals surface area contributed by atoms with Crippen LogP contribution in [0.25, 0.3) is 0 Å². The fraction of sp³-hybridized carbons (Fsp3) is 0.500. The standard InChI is InChI=1S/C6H7N3O2/c10-6(11)5-3-7-8-9(5)4-1-2-4/h3-4H,1-2H2,(H,10,11). The number of carbonyl (C=O) groups is 1. The molecule has 1 N–H and O–H groups in total. The number of aromatic nitrogens is 3. The van der Waals surface area contributed by atoms with Crippen molar-refractivity contribution in [2.24, 2.45) is 0 Å². The smallest absolute Gasteiger partial charge is 0.355 e. The summed E-state index contributed by atoms with van der Waals surface area (Å²) in [6.07, 6.45) is 3.31. The molecule has 0 spiro atoms. The van der Waals surface area contributed by atoms with Gasteiger partial charge in [-0.2, -0.15) is 0 Å². The molecule has 0 saturated heterocycles. The quantitative estimate of drug-likeness (QED) is 0.664. The summed E-state index contributed by atoms with van der Waals surface area (Å²) in [5.41, 5.74) is 0.188. The molecular weight excluding hydrogens is 146 g/mol. The highest BCUT2D eigenvalue weighted by Gasteiger charge is 2.28. The van der Waals surface area contributed by atoms with Crippen molar-refractivity contribution in [3.63, 3.8) is 0 Å². The molecule has 0 atom stereocenters. The van der Waals surface area contributed by atoms with Gasteiger partial charge in [-0.1, -0.05) is 5.21 Å². The van der Waals surface area contributed by atoms with Crippen molar-refractivity contribution >= 4 is 5.97 Å². The van der Waals surface area contributed by atoms with E-state index in [9.17, 15) is 4.79 Å². The molecule has 1 saturated carbocycles. The van der Waals surface area contributed by atoms with Crippen LogP contribution in [0.1, 0.15) is 29.4 Å². The number of carboxylic acid groups (broad SMARTS) is 1. The Labute approximate surface area is 62.6 Å². The van der Waals surface area contributed by atoms with Gasteiger partial charge < -0.3 is 5.11 Å². The predicted octanol–water partition coefficient (Wildman–Crippen LogP) is 0.311. The fourth-order valence-electron chi connectivity index (χ4n) is 0.986. The lowest BCUT2D eigenvalue weighted by Crippen LogP contribution is -2.07. The van der Waals surface area contributed by atoms with Crippen LogP contribution < -0.4 is 0 Å². The zero-order valence-electron chi connectivity index (χ0n) is 5.77. The summed E-state index contributed by atoms with van der Waals surface area (Å²) in [4.78, 5) is 10.5. The van der Waals surface area contributed by atoms with Gasteiger partial charge in [-0.3, -0.25) is 0 Å². The molecule has 1 heterocycles. The molecule has 2 rings (SSSR count). The average Bonchev–Trinajstić information content (AvgIpc) is 2.68. The number of carboxylic acids is 1. The van der Waals surface area contributed by atoms with E-state index in [1.54, 1.807) is 0 Å². The maximum Gasteiger partial charge on any atom is 0.355 e. The number of aromatic carboxylic acids is 1. The van der Waals surface area contributed by atoms with Crippen LogP contribution >= 0.6 is 0 Å². The van der Waals surface area contributed by atoms with E-state index in [0.29, 0.717) is 0 Å². The molecule has 0 bridgehead atoms. The molecule has 1 aromatic heterocycles. The Kier molecular flexibility index (Phi) is 1.18. The second kappa shape index (κ2) is 2.05. The second-order valence-corrected chi connectivity index (χ2v) is 2.60. The lowest BCUT2D eigenvalue weighted by Gasteiger charge is -1.96. The molecule has 58 valence electrons. The minimum absolute atomic E-state index is 0.188. The van der Waals surface area contributed by atoms with Crippen LogP contribution in [-0.2, 0) is 0 Å². The zero-order valence-corrected chi connectivity index (χ0v) is 5.77. The summed E-state index contributed by atoms with van der Waals surface area (Å²) >= 11 is 0. The number of rotatable bonds is 2. The predicted molar refractivity (Wildman–Crippen MR) is 35.3 cm³/mol. The van der Waals surface area contributed by atoms with Crippen LogP contribution in [0.4, 0.5) is 0 Å². The van der Waals surface area contributed by atoms with E-state index in [1.807, 2.05) is 0 Å². The van der Waals surface area contributed by atoms with E-state index in [0.717, 1.165) is 12.8 Å². The van der Waals surface area contributed by atoms with Crippen molar-refractivity contribution in [2.75, 3.05) is 0 Å². The summed E-state index contributed by atoms with van der Waals surface area (Å²) in [6.45, 7) is 0. The van der Waals surface area contributed by atoms with Gasteiger partial charge >= 0.3 is 5.97 Å². The van der Waals surface area contributed by atoms with Gasteiger partial charge in [-0.05, 0) is 12.8 Å². The van der Waals surface area contributed by atoms with Crippen molar-refractivity contribution in [3.8, 4) is 0 Å². The topological polar surface area (TPSA) is 68.0 Å². The molecule has 1 aromatic rings. The SMILES string of the molecule is O=C(O)c1cnnn1C1CC1. The molecule has 0 aliphatic heterocycles. The third-order valence-corrected chi connectivity index (χ3v) is 1.69. The number of hydrogen-bond acceptors (Lipinski definition) is 3. The van der Waals surface area contributed by atoms with Crippen molar-refractivity contribution in [1.82, 2.24) is 15.0 Å². The number of nitrogens with zero attached hydrogens (tertiary/aromatic N) is 3. The Balaban J connectivity index is 2.37. The summed E-state index contributed by atoms with van der Waals surface area (Å²) in [7, 11) is 0. The van der Waals surface area contributed by atoms with E-state index in [-0.39, 0.29) is 11.7 Å². The third-order valence-electron chi connectivity index (χ3n) is 1.69. The van der Waals surface area contributed by atoms with E-state index >= 15 is 0 Å². The molecule has 1 aliphatic rings. The van der Waals surface area contributed by atoms with Gasteiger partial charge in [0.1, 0.15) is 0 Å². The molecule has 0 amide bonds. The van der Waals surface area contributed by atoms with Gasteiger partial charge in [-0.25, -0.2) is 9.48 Å². The molecule has 0 radical (unpaired) electrons. The fourth-order valence-corrected chi connectivity index (χ4v) is 0.986.